The van der Waals surface area contributed by atoms with Crippen molar-refractivity contribution in [1.82, 2.24) is 9.29 Å². The Hall–Kier alpha value is -2.43. The number of hydrogen-bond donors (Lipinski definition) is 1. The minimum atomic E-state index is -3.95. The zero-order chi connectivity index (χ0) is 23.0. The highest BCUT2D eigenvalue weighted by Gasteiger charge is 2.32. The maximum Gasteiger partial charge on any atom is 0.243 e. The molecule has 1 fully saturated rings. The van der Waals surface area contributed by atoms with Crippen molar-refractivity contribution < 1.29 is 22.0 Å². The highest BCUT2D eigenvalue weighted by atomic mass is 32.2. The van der Waals surface area contributed by atoms with Gasteiger partial charge in [-0.3, -0.25) is 4.79 Å². The Labute approximate surface area is 189 Å². The number of nitrogens with one attached hydrogen (secondary N) is 1. The SMILES string of the molecule is CC(C)c1ccc2nc(NC(=O)C3CCN(S(=O)(=O)c4ccc(F)c(F)c4)CC3)sc2c1. The summed E-state index contributed by atoms with van der Waals surface area (Å²) in [7, 11) is -3.95. The molecule has 32 heavy (non-hydrogen) atoms. The van der Waals surface area contributed by atoms with Gasteiger partial charge in [0.05, 0.1) is 15.1 Å². The number of fused-ring (bicyclic) bond motifs is 1. The number of amides is 1. The van der Waals surface area contributed by atoms with Gasteiger partial charge in [0.15, 0.2) is 16.8 Å². The normalized spacial score (nSPS) is 16.0. The first kappa shape index (κ1) is 22.8. The van der Waals surface area contributed by atoms with Crippen molar-refractivity contribution in [2.45, 2.75) is 37.5 Å². The van der Waals surface area contributed by atoms with Crippen LogP contribution in [0, 0.1) is 17.6 Å². The number of benzene rings is 2. The van der Waals surface area contributed by atoms with Crippen molar-refractivity contribution in [2.75, 3.05) is 18.4 Å². The number of nitrogens with zero attached hydrogens (tertiary/aromatic N) is 2. The summed E-state index contributed by atoms with van der Waals surface area (Å²) in [6, 6.07) is 8.57. The van der Waals surface area contributed by atoms with E-state index in [1.165, 1.54) is 21.2 Å². The van der Waals surface area contributed by atoms with E-state index < -0.39 is 21.7 Å². The predicted octanol–water partition coefficient (Wildman–Crippen LogP) is 4.74. The zero-order valence-electron chi connectivity index (χ0n) is 17.6. The van der Waals surface area contributed by atoms with Gasteiger partial charge in [-0.1, -0.05) is 31.3 Å². The number of hydrogen-bond acceptors (Lipinski definition) is 5. The first-order valence-corrected chi connectivity index (χ1v) is 12.6. The van der Waals surface area contributed by atoms with Gasteiger partial charge in [-0.2, -0.15) is 4.31 Å². The van der Waals surface area contributed by atoms with Crippen LogP contribution in [0.25, 0.3) is 10.2 Å². The van der Waals surface area contributed by atoms with Crippen LogP contribution in [0.15, 0.2) is 41.3 Å². The average Bonchev–Trinajstić information content (AvgIpc) is 3.17. The molecule has 3 aromatic rings. The van der Waals surface area contributed by atoms with Gasteiger partial charge < -0.3 is 5.32 Å². The lowest BCUT2D eigenvalue weighted by Gasteiger charge is -2.30. The van der Waals surface area contributed by atoms with Gasteiger partial charge in [0.1, 0.15) is 0 Å². The standard InChI is InChI=1S/C22H23F2N3O3S2/c1-13(2)15-3-6-19-20(11-15)31-22(25-19)26-21(28)14-7-9-27(10-8-14)32(29,30)16-4-5-17(23)18(24)12-16/h3-6,11-14H,7-10H2,1-2H3,(H,25,26,28). The number of sulfonamides is 1. The Balaban J connectivity index is 1.40. The second kappa shape index (κ2) is 8.84. The molecular formula is C22H23F2N3O3S2. The smallest absolute Gasteiger partial charge is 0.243 e. The molecule has 0 saturated carbocycles. The molecule has 1 aliphatic rings. The van der Waals surface area contributed by atoms with Crippen LogP contribution >= 0.6 is 11.3 Å². The first-order chi connectivity index (χ1) is 15.1. The fourth-order valence-electron chi connectivity index (χ4n) is 3.71. The van der Waals surface area contributed by atoms with Gasteiger partial charge >= 0.3 is 0 Å². The van der Waals surface area contributed by atoms with E-state index in [-0.39, 0.29) is 29.8 Å². The maximum absolute atomic E-state index is 13.5. The van der Waals surface area contributed by atoms with Crippen LogP contribution < -0.4 is 5.32 Å². The molecule has 1 N–H and O–H groups in total. The predicted molar refractivity (Wildman–Crippen MR) is 120 cm³/mol. The van der Waals surface area contributed by atoms with Crippen LogP contribution in [0.5, 0.6) is 0 Å². The van der Waals surface area contributed by atoms with Crippen LogP contribution in [-0.2, 0) is 14.8 Å². The number of carbonyl (C=O) groups is 1. The minimum absolute atomic E-state index is 0.122. The highest BCUT2D eigenvalue weighted by molar-refractivity contribution is 7.89. The molecule has 170 valence electrons. The molecule has 0 aliphatic carbocycles. The van der Waals surface area contributed by atoms with Gasteiger partial charge in [0, 0.05) is 19.0 Å². The van der Waals surface area contributed by atoms with Crippen LogP contribution in [0.2, 0.25) is 0 Å². The third kappa shape index (κ3) is 4.53. The molecule has 1 aromatic heterocycles. The summed E-state index contributed by atoms with van der Waals surface area (Å²) in [5, 5.41) is 3.37. The number of anilines is 1. The highest BCUT2D eigenvalue weighted by Crippen LogP contribution is 2.30. The van der Waals surface area contributed by atoms with Crippen molar-refractivity contribution in [3.8, 4) is 0 Å². The van der Waals surface area contributed by atoms with E-state index in [0.717, 1.165) is 22.3 Å². The van der Waals surface area contributed by atoms with Crippen LogP contribution in [0.4, 0.5) is 13.9 Å². The van der Waals surface area contributed by atoms with E-state index in [1.807, 2.05) is 12.1 Å². The third-order valence-corrected chi connectivity index (χ3v) is 8.49. The van der Waals surface area contributed by atoms with E-state index in [2.05, 4.69) is 30.2 Å². The van der Waals surface area contributed by atoms with E-state index in [9.17, 15) is 22.0 Å². The Morgan fingerprint density at radius 2 is 1.84 bits per heavy atom. The third-order valence-electron chi connectivity index (χ3n) is 5.66. The first-order valence-electron chi connectivity index (χ1n) is 10.3. The molecule has 10 heteroatoms. The zero-order valence-corrected chi connectivity index (χ0v) is 19.3. The number of carbonyl (C=O) groups excluding carboxylic acids is 1. The molecular weight excluding hydrogens is 456 g/mol. The summed E-state index contributed by atoms with van der Waals surface area (Å²) < 4.78 is 54.3. The molecule has 2 heterocycles. The Bertz CT molecular complexity index is 1270. The molecule has 0 spiro atoms. The molecule has 0 radical (unpaired) electrons. The summed E-state index contributed by atoms with van der Waals surface area (Å²) >= 11 is 1.41. The van der Waals surface area contributed by atoms with Crippen molar-refractivity contribution in [3.63, 3.8) is 0 Å². The quantitative estimate of drug-likeness (QED) is 0.573. The lowest BCUT2D eigenvalue weighted by molar-refractivity contribution is -0.120. The van der Waals surface area contributed by atoms with Gasteiger partial charge in [0.25, 0.3) is 0 Å². The van der Waals surface area contributed by atoms with Crippen LogP contribution in [0.1, 0.15) is 38.2 Å². The van der Waals surface area contributed by atoms with E-state index in [0.29, 0.717) is 30.0 Å². The lowest BCUT2D eigenvalue weighted by atomic mass is 9.97. The molecule has 0 atom stereocenters. The summed E-state index contributed by atoms with van der Waals surface area (Å²) in [6.07, 6.45) is 0.661. The molecule has 1 amide bonds. The average molecular weight is 480 g/mol. The fraction of sp³-hybridized carbons (Fsp3) is 0.364. The maximum atomic E-state index is 13.5. The number of halogens is 2. The summed E-state index contributed by atoms with van der Waals surface area (Å²) in [4.78, 5) is 16.9. The van der Waals surface area contributed by atoms with Gasteiger partial charge in [-0.05, 0) is 54.7 Å². The van der Waals surface area contributed by atoms with Gasteiger partial charge in [0.2, 0.25) is 15.9 Å². The second-order valence-corrected chi connectivity index (χ2v) is 11.1. The molecule has 1 aliphatic heterocycles. The van der Waals surface area contributed by atoms with Gasteiger partial charge in [-0.25, -0.2) is 22.2 Å². The Morgan fingerprint density at radius 1 is 1.12 bits per heavy atom. The lowest BCUT2D eigenvalue weighted by Crippen LogP contribution is -2.41. The summed E-state index contributed by atoms with van der Waals surface area (Å²) in [5.41, 5.74) is 2.02. The van der Waals surface area contributed by atoms with Crippen molar-refractivity contribution in [3.05, 3.63) is 53.6 Å². The van der Waals surface area contributed by atoms with E-state index in [4.69, 9.17) is 0 Å². The molecule has 6 nitrogen and oxygen atoms in total. The Morgan fingerprint density at radius 3 is 2.50 bits per heavy atom. The van der Waals surface area contributed by atoms with Crippen molar-refractivity contribution in [2.24, 2.45) is 5.92 Å². The van der Waals surface area contributed by atoms with Crippen LogP contribution in [0.3, 0.4) is 0 Å². The minimum Gasteiger partial charge on any atom is -0.302 e. The number of thiazole rings is 1. The van der Waals surface area contributed by atoms with Crippen molar-refractivity contribution in [1.29, 1.82) is 0 Å². The Kier molecular flexibility index (Phi) is 6.28. The van der Waals surface area contributed by atoms with E-state index >= 15 is 0 Å². The topological polar surface area (TPSA) is 79.4 Å². The number of rotatable bonds is 5. The molecule has 2 aromatic carbocycles. The largest absolute Gasteiger partial charge is 0.302 e. The molecule has 0 unspecified atom stereocenters. The van der Waals surface area contributed by atoms with Gasteiger partial charge in [-0.15, -0.1) is 0 Å². The van der Waals surface area contributed by atoms with Crippen molar-refractivity contribution >= 4 is 42.6 Å². The molecule has 1 saturated heterocycles. The number of piperidine rings is 1. The number of aromatic nitrogens is 1. The summed E-state index contributed by atoms with van der Waals surface area (Å²) in [5.74, 6) is -2.47. The second-order valence-electron chi connectivity index (χ2n) is 8.14. The molecule has 4 rings (SSSR count). The summed E-state index contributed by atoms with van der Waals surface area (Å²) in [6.45, 7) is 4.47. The molecule has 0 bridgehead atoms. The fourth-order valence-corrected chi connectivity index (χ4v) is 6.11. The van der Waals surface area contributed by atoms with Crippen LogP contribution in [-0.4, -0.2) is 36.7 Å². The van der Waals surface area contributed by atoms with E-state index in [1.54, 1.807) is 0 Å². The monoisotopic (exact) mass is 479 g/mol.